The predicted molar refractivity (Wildman–Crippen MR) is 142 cm³/mol. The molecule has 0 fully saturated rings. The van der Waals surface area contributed by atoms with Gasteiger partial charge >= 0.3 is 5.97 Å². The molecule has 14 nitrogen and oxygen atoms in total. The largest absolute Gasteiger partial charge is 0.480 e. The monoisotopic (exact) mass is 547 g/mol. The van der Waals surface area contributed by atoms with Gasteiger partial charge in [-0.15, -0.1) is 0 Å². The second-order valence-corrected chi connectivity index (χ2v) is 9.16. The average Bonchev–Trinajstić information content (AvgIpc) is 3.31. The molecule has 0 aliphatic heterocycles. The van der Waals surface area contributed by atoms with Gasteiger partial charge in [0.05, 0.1) is 6.61 Å². The molecule has 0 spiro atoms. The van der Waals surface area contributed by atoms with E-state index in [1.54, 1.807) is 6.20 Å². The van der Waals surface area contributed by atoms with Gasteiger partial charge in [0, 0.05) is 29.9 Å². The van der Waals surface area contributed by atoms with Gasteiger partial charge in [0.1, 0.15) is 24.2 Å². The zero-order chi connectivity index (χ0) is 28.9. The maximum absolute atomic E-state index is 13.4. The molecular weight excluding hydrogens is 510 g/mol. The van der Waals surface area contributed by atoms with E-state index in [1.165, 1.54) is 0 Å². The second kappa shape index (κ2) is 15.4. The lowest BCUT2D eigenvalue weighted by atomic mass is 10.0. The number of nitrogens with one attached hydrogen (secondary N) is 4. The molecule has 4 unspecified atom stereocenters. The van der Waals surface area contributed by atoms with Gasteiger partial charge in [-0.1, -0.05) is 18.2 Å². The van der Waals surface area contributed by atoms with E-state index in [1.807, 2.05) is 24.3 Å². The van der Waals surface area contributed by atoms with Crippen LogP contribution in [0.25, 0.3) is 10.9 Å². The molecule has 12 N–H and O–H groups in total. The highest BCUT2D eigenvalue weighted by atomic mass is 16.4. The number of aliphatic hydroxyl groups excluding tert-OH is 1. The van der Waals surface area contributed by atoms with Gasteiger partial charge < -0.3 is 48.3 Å². The van der Waals surface area contributed by atoms with Gasteiger partial charge in [-0.05, 0) is 43.9 Å². The molecule has 0 radical (unpaired) electrons. The number of nitrogens with two attached hydrogens (primary N) is 3. The SMILES string of the molecule is NCCCCC(NC(=O)C(Cc1c[nH]c2ccccc12)NC(=O)C(N)CO)C(=O)NC(CCC(N)=O)C(=O)O. The van der Waals surface area contributed by atoms with Gasteiger partial charge in [-0.2, -0.15) is 0 Å². The van der Waals surface area contributed by atoms with E-state index < -0.39 is 60.4 Å². The number of H-pyrrole nitrogens is 1. The van der Waals surface area contributed by atoms with E-state index in [9.17, 15) is 34.2 Å². The zero-order valence-electron chi connectivity index (χ0n) is 21.5. The minimum absolute atomic E-state index is 0.0350. The highest BCUT2D eigenvalue weighted by Gasteiger charge is 2.30. The van der Waals surface area contributed by atoms with Crippen LogP contribution < -0.4 is 33.2 Å². The summed E-state index contributed by atoms with van der Waals surface area (Å²) < 4.78 is 0. The number of aliphatic carboxylic acids is 1. The minimum Gasteiger partial charge on any atom is -0.480 e. The van der Waals surface area contributed by atoms with Crippen molar-refractivity contribution in [2.75, 3.05) is 13.2 Å². The maximum atomic E-state index is 13.4. The third kappa shape index (κ3) is 9.67. The molecule has 0 aliphatic rings. The van der Waals surface area contributed by atoms with Crippen molar-refractivity contribution in [3.05, 3.63) is 36.0 Å². The summed E-state index contributed by atoms with van der Waals surface area (Å²) in [5.41, 5.74) is 17.8. The molecule has 0 saturated heterocycles. The number of carbonyl (C=O) groups excluding carboxylic acids is 4. The van der Waals surface area contributed by atoms with Crippen LogP contribution in [0.3, 0.4) is 0 Å². The molecule has 214 valence electrons. The quantitative estimate of drug-likeness (QED) is 0.0987. The van der Waals surface area contributed by atoms with Crippen LogP contribution >= 0.6 is 0 Å². The first kappa shape index (κ1) is 31.2. The number of fused-ring (bicyclic) bond motifs is 1. The van der Waals surface area contributed by atoms with Crippen LogP contribution in [-0.4, -0.2) is 82.1 Å². The summed E-state index contributed by atoms with van der Waals surface area (Å²) >= 11 is 0. The van der Waals surface area contributed by atoms with Crippen LogP contribution in [0.2, 0.25) is 0 Å². The number of rotatable bonds is 17. The minimum atomic E-state index is -1.40. The normalized spacial score (nSPS) is 14.1. The summed E-state index contributed by atoms with van der Waals surface area (Å²) in [6.07, 6.45) is 2.38. The van der Waals surface area contributed by atoms with Gasteiger partial charge in [0.15, 0.2) is 0 Å². The van der Waals surface area contributed by atoms with Gasteiger partial charge in [-0.3, -0.25) is 19.2 Å². The number of carboxylic acid groups (broad SMARTS) is 1. The number of aliphatic hydroxyl groups is 1. The fourth-order valence-electron chi connectivity index (χ4n) is 3.94. The van der Waals surface area contributed by atoms with Crippen LogP contribution in [0, 0.1) is 0 Å². The van der Waals surface area contributed by atoms with Gasteiger partial charge in [0.2, 0.25) is 23.6 Å². The summed E-state index contributed by atoms with van der Waals surface area (Å²) in [6.45, 7) is -0.295. The topological polar surface area (TPSA) is 256 Å². The summed E-state index contributed by atoms with van der Waals surface area (Å²) in [7, 11) is 0. The van der Waals surface area contributed by atoms with E-state index in [2.05, 4.69) is 20.9 Å². The number of para-hydroxylation sites is 1. The Hall–Kier alpha value is -4.01. The Morgan fingerprint density at radius 2 is 1.54 bits per heavy atom. The third-order valence-electron chi connectivity index (χ3n) is 6.14. The van der Waals surface area contributed by atoms with Crippen LogP contribution in [0.4, 0.5) is 0 Å². The standard InChI is InChI=1S/C25H37N7O7/c26-10-4-3-7-18(23(36)31-19(25(38)39)8-9-21(28)34)30-24(37)20(32-22(35)16(27)13-33)11-14-12-29-17-6-2-1-5-15(14)17/h1-2,5-6,12,16,18-20,29,33H,3-4,7-11,13,26-27H2,(H2,28,34)(H,30,37)(H,31,36)(H,32,35)(H,38,39). The van der Waals surface area contributed by atoms with Crippen molar-refractivity contribution in [1.82, 2.24) is 20.9 Å². The molecule has 2 rings (SSSR count). The summed E-state index contributed by atoms with van der Waals surface area (Å²) in [6, 6.07) is 2.35. The Morgan fingerprint density at radius 1 is 0.897 bits per heavy atom. The molecule has 2 aromatic rings. The van der Waals surface area contributed by atoms with Crippen molar-refractivity contribution in [3.63, 3.8) is 0 Å². The third-order valence-corrected chi connectivity index (χ3v) is 6.14. The highest BCUT2D eigenvalue weighted by Crippen LogP contribution is 2.19. The Balaban J connectivity index is 2.27. The van der Waals surface area contributed by atoms with Crippen LogP contribution in [-0.2, 0) is 30.4 Å². The summed E-state index contributed by atoms with van der Waals surface area (Å²) in [4.78, 5) is 64.7. The molecule has 1 heterocycles. The number of carbonyl (C=O) groups is 5. The Morgan fingerprint density at radius 3 is 2.18 bits per heavy atom. The smallest absolute Gasteiger partial charge is 0.326 e. The summed E-state index contributed by atoms with van der Waals surface area (Å²) in [5.74, 6) is -4.34. The lowest BCUT2D eigenvalue weighted by molar-refractivity contribution is -0.142. The molecule has 0 bridgehead atoms. The predicted octanol–water partition coefficient (Wildman–Crippen LogP) is -2.04. The van der Waals surface area contributed by atoms with Crippen molar-refractivity contribution in [2.45, 2.75) is 62.7 Å². The molecule has 39 heavy (non-hydrogen) atoms. The zero-order valence-corrected chi connectivity index (χ0v) is 21.5. The molecule has 0 saturated carbocycles. The lowest BCUT2D eigenvalue weighted by Crippen LogP contribution is -2.58. The van der Waals surface area contributed by atoms with Crippen LogP contribution in [0.1, 0.15) is 37.7 Å². The van der Waals surface area contributed by atoms with Crippen molar-refractivity contribution in [1.29, 1.82) is 0 Å². The van der Waals surface area contributed by atoms with E-state index in [4.69, 9.17) is 17.2 Å². The van der Waals surface area contributed by atoms with Gasteiger partial charge in [0.25, 0.3) is 0 Å². The maximum Gasteiger partial charge on any atom is 0.326 e. The first-order valence-electron chi connectivity index (χ1n) is 12.6. The van der Waals surface area contributed by atoms with Crippen LogP contribution in [0.5, 0.6) is 0 Å². The number of aromatic amines is 1. The van der Waals surface area contributed by atoms with Gasteiger partial charge in [-0.25, -0.2) is 4.79 Å². The van der Waals surface area contributed by atoms with E-state index in [-0.39, 0.29) is 25.7 Å². The van der Waals surface area contributed by atoms with E-state index in [0.29, 0.717) is 24.9 Å². The van der Waals surface area contributed by atoms with Crippen molar-refractivity contribution in [3.8, 4) is 0 Å². The lowest BCUT2D eigenvalue weighted by Gasteiger charge is -2.25. The molecule has 1 aromatic heterocycles. The fourth-order valence-corrected chi connectivity index (χ4v) is 3.94. The Kier molecular flexibility index (Phi) is 12.3. The van der Waals surface area contributed by atoms with Crippen molar-refractivity contribution in [2.24, 2.45) is 17.2 Å². The van der Waals surface area contributed by atoms with Crippen molar-refractivity contribution >= 4 is 40.5 Å². The number of hydrogen-bond donors (Lipinski definition) is 9. The first-order valence-corrected chi connectivity index (χ1v) is 12.6. The van der Waals surface area contributed by atoms with E-state index >= 15 is 0 Å². The Bertz CT molecular complexity index is 1150. The van der Waals surface area contributed by atoms with Crippen LogP contribution in [0.15, 0.2) is 30.5 Å². The van der Waals surface area contributed by atoms with Crippen molar-refractivity contribution < 1.29 is 34.2 Å². The number of unbranched alkanes of at least 4 members (excludes halogenated alkanes) is 1. The van der Waals surface area contributed by atoms with E-state index in [0.717, 1.165) is 10.9 Å². The molecule has 4 atom stereocenters. The number of aromatic nitrogens is 1. The molecular formula is C25H37N7O7. The molecule has 4 amide bonds. The fraction of sp³-hybridized carbons (Fsp3) is 0.480. The second-order valence-electron chi connectivity index (χ2n) is 9.16. The summed E-state index contributed by atoms with van der Waals surface area (Å²) in [5, 5.41) is 27.0. The number of amides is 4. The highest BCUT2D eigenvalue weighted by molar-refractivity contribution is 5.95. The average molecular weight is 548 g/mol. The molecule has 1 aromatic carbocycles. The number of carboxylic acids is 1. The first-order chi connectivity index (χ1) is 18.6. The number of benzene rings is 1. The number of primary amides is 1. The Labute approximate surface area is 225 Å². The molecule has 14 heteroatoms. The number of hydrogen-bond acceptors (Lipinski definition) is 8. The molecule has 0 aliphatic carbocycles.